The Morgan fingerprint density at radius 3 is 2.25 bits per heavy atom. The van der Waals surface area contributed by atoms with Crippen LogP contribution in [0.5, 0.6) is 0 Å². The Kier molecular flexibility index (Phi) is 8.34. The maximum Gasteiger partial charge on any atom is 0.242 e. The van der Waals surface area contributed by atoms with Gasteiger partial charge >= 0.3 is 0 Å². The normalized spacial score (nSPS) is 11.8. The van der Waals surface area contributed by atoms with Crippen LogP contribution in [0.3, 0.4) is 0 Å². The van der Waals surface area contributed by atoms with Crippen LogP contribution in [-0.4, -0.2) is 29.3 Å². The zero-order valence-corrected chi connectivity index (χ0v) is 18.0. The monoisotopic (exact) mass is 420 g/mol. The fourth-order valence-corrected chi connectivity index (χ4v) is 3.67. The second-order valence-electron chi connectivity index (χ2n) is 6.64. The lowest BCUT2D eigenvalue weighted by atomic mass is 10.0. The Hall–Kier alpha value is -2.04. The third-order valence-corrected chi connectivity index (χ3v) is 5.44. The Morgan fingerprint density at radius 2 is 1.68 bits per heavy atom. The Labute approximate surface area is 176 Å². The number of likely N-dealkylation sites (N-methyl/N-ethyl adjacent to an activating group) is 1. The molecule has 150 valence electrons. The van der Waals surface area contributed by atoms with Gasteiger partial charge in [0.2, 0.25) is 11.8 Å². The summed E-state index contributed by atoms with van der Waals surface area (Å²) in [5, 5.41) is 3.73. The van der Waals surface area contributed by atoms with Gasteiger partial charge in [-0.05, 0) is 49.1 Å². The van der Waals surface area contributed by atoms with E-state index in [4.69, 9.17) is 23.2 Å². The molecule has 0 spiro atoms. The minimum atomic E-state index is -0.562. The molecule has 0 radical (unpaired) electrons. The van der Waals surface area contributed by atoms with Gasteiger partial charge in [0, 0.05) is 23.1 Å². The molecule has 1 atom stereocenters. The lowest BCUT2D eigenvalue weighted by Crippen LogP contribution is -2.49. The van der Waals surface area contributed by atoms with Crippen LogP contribution in [0.4, 0.5) is 0 Å². The molecule has 0 aliphatic heterocycles. The standard InChI is InChI=1S/C22H26Cl2N2O2/c1-4-20(22(28)25-5-2)26(14-16-10-7-6-9-15(16)3)21(27)13-17-18(23)11-8-12-19(17)24/h6-12,20H,4-5,13-14H2,1-3H3,(H,25,28)/t20-/m1/s1. The maximum atomic E-state index is 13.3. The molecule has 2 rings (SSSR count). The van der Waals surface area contributed by atoms with Crippen molar-refractivity contribution in [2.24, 2.45) is 0 Å². The minimum Gasteiger partial charge on any atom is -0.355 e. The van der Waals surface area contributed by atoms with Crippen LogP contribution >= 0.6 is 23.2 Å². The van der Waals surface area contributed by atoms with Crippen LogP contribution in [0.15, 0.2) is 42.5 Å². The van der Waals surface area contributed by atoms with Crippen molar-refractivity contribution in [3.8, 4) is 0 Å². The molecule has 6 heteroatoms. The van der Waals surface area contributed by atoms with E-state index < -0.39 is 6.04 Å². The van der Waals surface area contributed by atoms with E-state index in [0.29, 0.717) is 35.1 Å². The van der Waals surface area contributed by atoms with Gasteiger partial charge in [-0.3, -0.25) is 9.59 Å². The van der Waals surface area contributed by atoms with E-state index in [1.807, 2.05) is 45.0 Å². The van der Waals surface area contributed by atoms with Gasteiger partial charge in [0.15, 0.2) is 0 Å². The molecule has 0 bridgehead atoms. The van der Waals surface area contributed by atoms with Crippen molar-refractivity contribution in [2.75, 3.05) is 6.54 Å². The van der Waals surface area contributed by atoms with Crippen LogP contribution in [0, 0.1) is 6.92 Å². The summed E-state index contributed by atoms with van der Waals surface area (Å²) in [6.45, 7) is 6.62. The number of benzene rings is 2. The van der Waals surface area contributed by atoms with Gasteiger partial charge < -0.3 is 10.2 Å². The predicted molar refractivity (Wildman–Crippen MR) is 115 cm³/mol. The highest BCUT2D eigenvalue weighted by molar-refractivity contribution is 6.36. The van der Waals surface area contributed by atoms with Crippen LogP contribution in [0.25, 0.3) is 0 Å². The summed E-state index contributed by atoms with van der Waals surface area (Å²) in [5.41, 5.74) is 2.65. The van der Waals surface area contributed by atoms with Gasteiger partial charge in [-0.25, -0.2) is 0 Å². The van der Waals surface area contributed by atoms with Gasteiger partial charge in [-0.1, -0.05) is 60.5 Å². The molecule has 2 aromatic rings. The molecule has 0 heterocycles. The van der Waals surface area contributed by atoms with E-state index in [-0.39, 0.29) is 18.2 Å². The van der Waals surface area contributed by atoms with E-state index in [1.54, 1.807) is 23.1 Å². The molecule has 1 N–H and O–H groups in total. The van der Waals surface area contributed by atoms with Crippen molar-refractivity contribution in [3.05, 3.63) is 69.2 Å². The molecule has 28 heavy (non-hydrogen) atoms. The summed E-state index contributed by atoms with van der Waals surface area (Å²) < 4.78 is 0. The number of nitrogens with zero attached hydrogens (tertiary/aromatic N) is 1. The number of aryl methyl sites for hydroxylation is 1. The summed E-state index contributed by atoms with van der Waals surface area (Å²) in [6, 6.07) is 12.5. The third kappa shape index (κ3) is 5.49. The van der Waals surface area contributed by atoms with Crippen molar-refractivity contribution in [1.29, 1.82) is 0 Å². The number of rotatable bonds is 8. The maximum absolute atomic E-state index is 13.3. The first-order valence-electron chi connectivity index (χ1n) is 9.43. The summed E-state index contributed by atoms with van der Waals surface area (Å²) >= 11 is 12.5. The first-order valence-corrected chi connectivity index (χ1v) is 10.2. The SMILES string of the molecule is CCNC(=O)[C@@H](CC)N(Cc1ccccc1C)C(=O)Cc1c(Cl)cccc1Cl. The van der Waals surface area contributed by atoms with Crippen molar-refractivity contribution in [2.45, 2.75) is 46.2 Å². The number of carbonyl (C=O) groups excluding carboxylic acids is 2. The molecule has 2 amide bonds. The minimum absolute atomic E-state index is 0.0420. The number of halogens is 2. The lowest BCUT2D eigenvalue weighted by molar-refractivity contribution is -0.140. The molecule has 0 fully saturated rings. The second-order valence-corrected chi connectivity index (χ2v) is 7.46. The Morgan fingerprint density at radius 1 is 1.04 bits per heavy atom. The highest BCUT2D eigenvalue weighted by Gasteiger charge is 2.29. The second kappa shape index (κ2) is 10.5. The molecule has 0 unspecified atom stereocenters. The van der Waals surface area contributed by atoms with Gasteiger partial charge in [-0.15, -0.1) is 0 Å². The van der Waals surface area contributed by atoms with Crippen LogP contribution in [0.2, 0.25) is 10.0 Å². The van der Waals surface area contributed by atoms with E-state index in [1.165, 1.54) is 0 Å². The van der Waals surface area contributed by atoms with Crippen molar-refractivity contribution < 1.29 is 9.59 Å². The van der Waals surface area contributed by atoms with Crippen LogP contribution in [-0.2, 0) is 22.6 Å². The van der Waals surface area contributed by atoms with Gasteiger partial charge in [-0.2, -0.15) is 0 Å². The summed E-state index contributed by atoms with van der Waals surface area (Å²) in [4.78, 5) is 27.5. The molecule has 4 nitrogen and oxygen atoms in total. The summed E-state index contributed by atoms with van der Waals surface area (Å²) in [6.07, 6.45) is 0.556. The van der Waals surface area contributed by atoms with E-state index in [2.05, 4.69) is 5.32 Å². The van der Waals surface area contributed by atoms with Crippen LogP contribution in [0.1, 0.15) is 37.0 Å². The molecule has 0 aliphatic rings. The van der Waals surface area contributed by atoms with Crippen molar-refractivity contribution in [3.63, 3.8) is 0 Å². The average Bonchev–Trinajstić information content (AvgIpc) is 2.66. The summed E-state index contributed by atoms with van der Waals surface area (Å²) in [5.74, 6) is -0.339. The van der Waals surface area contributed by atoms with Crippen molar-refractivity contribution >= 4 is 35.0 Å². The van der Waals surface area contributed by atoms with E-state index >= 15 is 0 Å². The smallest absolute Gasteiger partial charge is 0.242 e. The summed E-state index contributed by atoms with van der Waals surface area (Å²) in [7, 11) is 0. The number of carbonyl (C=O) groups is 2. The lowest BCUT2D eigenvalue weighted by Gasteiger charge is -2.31. The fraction of sp³-hybridized carbons (Fsp3) is 0.364. The molecule has 0 aromatic heterocycles. The van der Waals surface area contributed by atoms with E-state index in [9.17, 15) is 9.59 Å². The first-order chi connectivity index (χ1) is 13.4. The molecular formula is C22H26Cl2N2O2. The molecule has 0 saturated carbocycles. The topological polar surface area (TPSA) is 49.4 Å². The van der Waals surface area contributed by atoms with Gasteiger partial charge in [0.1, 0.15) is 6.04 Å². The molecular weight excluding hydrogens is 395 g/mol. The van der Waals surface area contributed by atoms with Crippen LogP contribution < -0.4 is 5.32 Å². The highest BCUT2D eigenvalue weighted by Crippen LogP contribution is 2.26. The number of hydrogen-bond donors (Lipinski definition) is 1. The fourth-order valence-electron chi connectivity index (χ4n) is 3.14. The van der Waals surface area contributed by atoms with Gasteiger partial charge in [0.05, 0.1) is 6.42 Å². The zero-order valence-electron chi connectivity index (χ0n) is 16.5. The Bertz CT molecular complexity index is 819. The number of hydrogen-bond acceptors (Lipinski definition) is 2. The highest BCUT2D eigenvalue weighted by atomic mass is 35.5. The van der Waals surface area contributed by atoms with Gasteiger partial charge in [0.25, 0.3) is 0 Å². The third-order valence-electron chi connectivity index (χ3n) is 4.73. The number of amides is 2. The quantitative estimate of drug-likeness (QED) is 0.667. The van der Waals surface area contributed by atoms with E-state index in [0.717, 1.165) is 11.1 Å². The largest absolute Gasteiger partial charge is 0.355 e. The molecule has 0 aliphatic carbocycles. The number of nitrogens with one attached hydrogen (secondary N) is 1. The Balaban J connectivity index is 2.37. The van der Waals surface area contributed by atoms with Crippen molar-refractivity contribution in [1.82, 2.24) is 10.2 Å². The zero-order chi connectivity index (χ0) is 20.7. The average molecular weight is 421 g/mol. The molecule has 0 saturated heterocycles. The first kappa shape index (κ1) is 22.3. The molecule has 2 aromatic carbocycles. The predicted octanol–water partition coefficient (Wildman–Crippen LogP) is 4.79.